The smallest absolute Gasteiger partial charge is 0.286 e. The summed E-state index contributed by atoms with van der Waals surface area (Å²) in [6.07, 6.45) is 3.50. The molecule has 1 aliphatic rings. The van der Waals surface area contributed by atoms with Crippen LogP contribution in [-0.4, -0.2) is 37.5 Å². The highest BCUT2D eigenvalue weighted by atomic mass is 16.4. The molecule has 19 heavy (non-hydrogen) atoms. The Morgan fingerprint density at radius 1 is 1.47 bits per heavy atom. The Kier molecular flexibility index (Phi) is 4.99. The lowest BCUT2D eigenvalue weighted by Gasteiger charge is -2.28. The Hall–Kier alpha value is -1.33. The zero-order valence-corrected chi connectivity index (χ0v) is 11.5. The van der Waals surface area contributed by atoms with Crippen molar-refractivity contribution in [2.45, 2.75) is 25.8 Å². The summed E-state index contributed by atoms with van der Waals surface area (Å²) in [6.45, 7) is 3.36. The van der Waals surface area contributed by atoms with E-state index >= 15 is 0 Å². The van der Waals surface area contributed by atoms with Crippen LogP contribution in [-0.2, 0) is 6.54 Å². The molecule has 2 heterocycles. The number of furan rings is 1. The zero-order chi connectivity index (χ0) is 13.7. The lowest BCUT2D eigenvalue weighted by molar-refractivity contribution is 0.0919. The largest absolute Gasteiger partial charge is 0.455 e. The Morgan fingerprint density at radius 2 is 2.21 bits per heavy atom. The van der Waals surface area contributed by atoms with E-state index in [9.17, 15) is 4.79 Å². The Morgan fingerprint density at radius 3 is 2.84 bits per heavy atom. The van der Waals surface area contributed by atoms with E-state index in [1.165, 1.54) is 12.8 Å². The van der Waals surface area contributed by atoms with Gasteiger partial charge in [0.25, 0.3) is 5.91 Å². The molecule has 0 aromatic carbocycles. The van der Waals surface area contributed by atoms with E-state index in [1.54, 1.807) is 12.1 Å². The number of nitrogens with one attached hydrogen (secondary N) is 1. The molecule has 1 amide bonds. The first kappa shape index (κ1) is 14.1. The monoisotopic (exact) mass is 265 g/mol. The highest BCUT2D eigenvalue weighted by Gasteiger charge is 2.17. The first-order chi connectivity index (χ1) is 9.19. The van der Waals surface area contributed by atoms with E-state index in [1.807, 2.05) is 0 Å². The second-order valence-corrected chi connectivity index (χ2v) is 5.26. The second kappa shape index (κ2) is 6.73. The maximum atomic E-state index is 11.8. The van der Waals surface area contributed by atoms with Crippen LogP contribution in [0, 0.1) is 5.92 Å². The third-order valence-electron chi connectivity index (χ3n) is 3.76. The summed E-state index contributed by atoms with van der Waals surface area (Å²) in [6, 6.07) is 3.42. The van der Waals surface area contributed by atoms with Gasteiger partial charge in [0, 0.05) is 6.54 Å². The third kappa shape index (κ3) is 4.08. The molecule has 0 atom stereocenters. The number of nitrogens with zero attached hydrogens (tertiary/aromatic N) is 1. The van der Waals surface area contributed by atoms with Gasteiger partial charge in [-0.2, -0.15) is 0 Å². The molecule has 5 nitrogen and oxygen atoms in total. The van der Waals surface area contributed by atoms with Gasteiger partial charge in [0.2, 0.25) is 0 Å². The van der Waals surface area contributed by atoms with Crippen molar-refractivity contribution in [3.05, 3.63) is 23.7 Å². The molecule has 0 unspecified atom stereocenters. The fourth-order valence-corrected chi connectivity index (χ4v) is 2.44. The molecule has 1 aromatic rings. The molecule has 106 valence electrons. The first-order valence-corrected chi connectivity index (χ1v) is 6.94. The van der Waals surface area contributed by atoms with Crippen molar-refractivity contribution in [1.82, 2.24) is 10.2 Å². The first-order valence-electron chi connectivity index (χ1n) is 6.94. The molecular formula is C14H23N3O2. The normalized spacial score (nSPS) is 17.6. The molecule has 0 spiro atoms. The van der Waals surface area contributed by atoms with Gasteiger partial charge in [0.05, 0.1) is 6.54 Å². The van der Waals surface area contributed by atoms with Crippen molar-refractivity contribution in [3.8, 4) is 0 Å². The summed E-state index contributed by atoms with van der Waals surface area (Å²) in [5.41, 5.74) is 5.44. The van der Waals surface area contributed by atoms with E-state index in [0.717, 1.165) is 25.4 Å². The number of rotatable bonds is 5. The van der Waals surface area contributed by atoms with Crippen molar-refractivity contribution >= 4 is 5.91 Å². The fourth-order valence-electron chi connectivity index (χ4n) is 2.44. The summed E-state index contributed by atoms with van der Waals surface area (Å²) in [7, 11) is 2.16. The summed E-state index contributed by atoms with van der Waals surface area (Å²) in [5, 5.41) is 2.91. The molecular weight excluding hydrogens is 242 g/mol. The van der Waals surface area contributed by atoms with Gasteiger partial charge in [-0.3, -0.25) is 4.79 Å². The van der Waals surface area contributed by atoms with E-state index < -0.39 is 0 Å². The van der Waals surface area contributed by atoms with Gasteiger partial charge in [-0.05, 0) is 57.5 Å². The molecule has 0 aliphatic carbocycles. The Labute approximate surface area is 114 Å². The maximum absolute atomic E-state index is 11.8. The number of nitrogens with two attached hydrogens (primary N) is 1. The van der Waals surface area contributed by atoms with Gasteiger partial charge in [-0.1, -0.05) is 0 Å². The molecule has 1 saturated heterocycles. The van der Waals surface area contributed by atoms with Gasteiger partial charge in [-0.15, -0.1) is 0 Å². The van der Waals surface area contributed by atoms with E-state index in [-0.39, 0.29) is 5.91 Å². The molecule has 1 fully saturated rings. The number of piperidine rings is 1. The SMILES string of the molecule is CN1CCC(CCNC(=O)c2ccc(CN)o2)CC1. The van der Waals surface area contributed by atoms with Crippen LogP contribution in [0.4, 0.5) is 0 Å². The van der Waals surface area contributed by atoms with Crippen LogP contribution < -0.4 is 11.1 Å². The van der Waals surface area contributed by atoms with Crippen LogP contribution in [0.3, 0.4) is 0 Å². The minimum Gasteiger partial charge on any atom is -0.455 e. The molecule has 5 heteroatoms. The van der Waals surface area contributed by atoms with Gasteiger partial charge >= 0.3 is 0 Å². The highest BCUT2D eigenvalue weighted by molar-refractivity contribution is 5.91. The fraction of sp³-hybridized carbons (Fsp3) is 0.643. The van der Waals surface area contributed by atoms with Crippen molar-refractivity contribution in [2.75, 3.05) is 26.7 Å². The number of likely N-dealkylation sites (tertiary alicyclic amines) is 1. The zero-order valence-electron chi connectivity index (χ0n) is 11.5. The van der Waals surface area contributed by atoms with Crippen LogP contribution in [0.1, 0.15) is 35.6 Å². The molecule has 1 aliphatic heterocycles. The molecule has 0 saturated carbocycles. The van der Waals surface area contributed by atoms with Crippen molar-refractivity contribution < 1.29 is 9.21 Å². The van der Waals surface area contributed by atoms with E-state index in [4.69, 9.17) is 10.2 Å². The average molecular weight is 265 g/mol. The topological polar surface area (TPSA) is 71.5 Å². The molecule has 0 bridgehead atoms. The number of amides is 1. The average Bonchev–Trinajstić information content (AvgIpc) is 2.90. The standard InChI is InChI=1S/C14H23N3O2/c1-17-8-5-11(6-9-17)4-7-16-14(18)13-3-2-12(10-15)19-13/h2-3,11H,4-10,15H2,1H3,(H,16,18). The highest BCUT2D eigenvalue weighted by Crippen LogP contribution is 2.18. The van der Waals surface area contributed by atoms with Gasteiger partial charge in [0.15, 0.2) is 5.76 Å². The number of hydrogen-bond donors (Lipinski definition) is 2. The molecule has 2 rings (SSSR count). The Bertz CT molecular complexity index is 409. The van der Waals surface area contributed by atoms with Crippen LogP contribution in [0.15, 0.2) is 16.5 Å². The van der Waals surface area contributed by atoms with Crippen LogP contribution in [0.2, 0.25) is 0 Å². The van der Waals surface area contributed by atoms with Crippen LogP contribution in [0.25, 0.3) is 0 Å². The summed E-state index contributed by atoms with van der Waals surface area (Å²) < 4.78 is 5.31. The number of carbonyl (C=O) groups is 1. The lowest BCUT2D eigenvalue weighted by atomic mass is 9.94. The van der Waals surface area contributed by atoms with Gasteiger partial charge in [0.1, 0.15) is 5.76 Å². The van der Waals surface area contributed by atoms with Crippen molar-refractivity contribution in [3.63, 3.8) is 0 Å². The number of hydrogen-bond acceptors (Lipinski definition) is 4. The summed E-state index contributed by atoms with van der Waals surface area (Å²) >= 11 is 0. The van der Waals surface area contributed by atoms with Crippen LogP contribution in [0.5, 0.6) is 0 Å². The lowest BCUT2D eigenvalue weighted by Crippen LogP contribution is -2.32. The molecule has 1 aromatic heterocycles. The summed E-state index contributed by atoms with van der Waals surface area (Å²) in [5.74, 6) is 1.57. The molecule has 3 N–H and O–H groups in total. The summed E-state index contributed by atoms with van der Waals surface area (Å²) in [4.78, 5) is 14.2. The third-order valence-corrected chi connectivity index (χ3v) is 3.76. The maximum Gasteiger partial charge on any atom is 0.286 e. The predicted octanol–water partition coefficient (Wildman–Crippen LogP) is 1.20. The van der Waals surface area contributed by atoms with Gasteiger partial charge in [-0.25, -0.2) is 0 Å². The predicted molar refractivity (Wildman–Crippen MR) is 73.8 cm³/mol. The number of carbonyl (C=O) groups excluding carboxylic acids is 1. The Balaban J connectivity index is 1.69. The van der Waals surface area contributed by atoms with Gasteiger partial charge < -0.3 is 20.4 Å². The van der Waals surface area contributed by atoms with E-state index in [0.29, 0.717) is 24.6 Å². The van der Waals surface area contributed by atoms with Crippen LogP contribution >= 0.6 is 0 Å². The van der Waals surface area contributed by atoms with E-state index in [2.05, 4.69) is 17.3 Å². The van der Waals surface area contributed by atoms with Crippen molar-refractivity contribution in [1.29, 1.82) is 0 Å². The van der Waals surface area contributed by atoms with Crippen molar-refractivity contribution in [2.24, 2.45) is 11.7 Å². The minimum absolute atomic E-state index is 0.146. The second-order valence-electron chi connectivity index (χ2n) is 5.26. The molecule has 0 radical (unpaired) electrons. The quantitative estimate of drug-likeness (QED) is 0.839. The minimum atomic E-state index is -0.146.